The molecule has 0 saturated heterocycles. The van der Waals surface area contributed by atoms with E-state index in [-0.39, 0.29) is 0 Å². The molecule has 2 aromatic heterocycles. The van der Waals surface area contributed by atoms with Crippen LogP contribution in [-0.4, -0.2) is 4.98 Å². The molecule has 0 fully saturated rings. The molecule has 82 valence electrons. The summed E-state index contributed by atoms with van der Waals surface area (Å²) in [5.74, 6) is 0. The van der Waals surface area contributed by atoms with E-state index < -0.39 is 0 Å². The molecular weight excluding hydrogens is 218 g/mol. The van der Waals surface area contributed by atoms with Gasteiger partial charge in [-0.3, -0.25) is 0 Å². The van der Waals surface area contributed by atoms with Crippen molar-refractivity contribution in [3.63, 3.8) is 0 Å². The van der Waals surface area contributed by atoms with Gasteiger partial charge >= 0.3 is 0 Å². The summed E-state index contributed by atoms with van der Waals surface area (Å²) in [5.41, 5.74) is 3.96. The van der Waals surface area contributed by atoms with Gasteiger partial charge in [0.25, 0.3) is 0 Å². The number of thiazole rings is 1. The van der Waals surface area contributed by atoms with E-state index in [1.165, 1.54) is 27.4 Å². The van der Waals surface area contributed by atoms with Crippen LogP contribution in [0.3, 0.4) is 0 Å². The standard InChI is InChI=1S/C13H13NOS/c1-8-3-4-9(2)12-11(8)14-13(16-12)10-5-6-15-7-10/h5-7H,3-4H2,1-2H3. The third-order valence-corrected chi connectivity index (χ3v) is 4.33. The lowest BCUT2D eigenvalue weighted by Crippen LogP contribution is -2.28. The monoisotopic (exact) mass is 231 g/mol. The van der Waals surface area contributed by atoms with E-state index in [9.17, 15) is 0 Å². The molecule has 16 heavy (non-hydrogen) atoms. The summed E-state index contributed by atoms with van der Waals surface area (Å²) >= 11 is 1.78. The molecule has 3 rings (SSSR count). The van der Waals surface area contributed by atoms with Gasteiger partial charge in [-0.2, -0.15) is 0 Å². The van der Waals surface area contributed by atoms with Crippen LogP contribution in [0.4, 0.5) is 0 Å². The van der Waals surface area contributed by atoms with Crippen LogP contribution in [-0.2, 0) is 0 Å². The number of rotatable bonds is 1. The molecule has 0 unspecified atom stereocenters. The molecule has 2 heterocycles. The summed E-state index contributed by atoms with van der Waals surface area (Å²) < 4.78 is 6.47. The summed E-state index contributed by atoms with van der Waals surface area (Å²) in [4.78, 5) is 4.73. The van der Waals surface area contributed by atoms with E-state index >= 15 is 0 Å². The molecule has 3 heteroatoms. The third-order valence-electron chi connectivity index (χ3n) is 3.06. The van der Waals surface area contributed by atoms with E-state index in [4.69, 9.17) is 9.40 Å². The molecule has 1 aliphatic carbocycles. The minimum absolute atomic E-state index is 1.07. The molecule has 0 saturated carbocycles. The van der Waals surface area contributed by atoms with Gasteiger partial charge in [-0.05, 0) is 38.3 Å². The van der Waals surface area contributed by atoms with Crippen LogP contribution in [0.2, 0.25) is 0 Å². The predicted molar refractivity (Wildman–Crippen MR) is 66.5 cm³/mol. The molecule has 0 aliphatic heterocycles. The van der Waals surface area contributed by atoms with Gasteiger partial charge in [-0.15, -0.1) is 11.3 Å². The first kappa shape index (κ1) is 9.85. The van der Waals surface area contributed by atoms with Crippen molar-refractivity contribution in [3.8, 4) is 10.6 Å². The van der Waals surface area contributed by atoms with Crippen molar-refractivity contribution < 1.29 is 4.42 Å². The molecule has 0 amide bonds. The Morgan fingerprint density at radius 2 is 2.06 bits per heavy atom. The molecule has 1 aliphatic rings. The van der Waals surface area contributed by atoms with Crippen LogP contribution in [0, 0.1) is 0 Å². The highest BCUT2D eigenvalue weighted by Gasteiger charge is 2.11. The summed E-state index contributed by atoms with van der Waals surface area (Å²) in [5, 5.41) is 2.27. The predicted octanol–water partition coefficient (Wildman–Crippen LogP) is 2.54. The maximum Gasteiger partial charge on any atom is 0.127 e. The normalized spacial score (nSPS) is 15.4. The van der Waals surface area contributed by atoms with Crippen molar-refractivity contribution in [1.29, 1.82) is 0 Å². The van der Waals surface area contributed by atoms with Crippen molar-refractivity contribution in [2.75, 3.05) is 0 Å². The first-order valence-electron chi connectivity index (χ1n) is 5.44. The number of aromatic nitrogens is 1. The fraction of sp³-hybridized carbons (Fsp3) is 0.308. The number of hydrogen-bond donors (Lipinski definition) is 0. The lowest BCUT2D eigenvalue weighted by Gasteiger charge is -2.05. The largest absolute Gasteiger partial charge is 0.472 e. The van der Waals surface area contributed by atoms with Crippen molar-refractivity contribution >= 4 is 22.5 Å². The van der Waals surface area contributed by atoms with Gasteiger partial charge in [0.2, 0.25) is 0 Å². The lowest BCUT2D eigenvalue weighted by atomic mass is 10.0. The number of hydrogen-bond acceptors (Lipinski definition) is 3. The summed E-state index contributed by atoms with van der Waals surface area (Å²) in [7, 11) is 0. The average Bonchev–Trinajstić information content (AvgIpc) is 2.90. The van der Waals surface area contributed by atoms with Crippen LogP contribution in [0.5, 0.6) is 0 Å². The summed E-state index contributed by atoms with van der Waals surface area (Å²) in [6, 6.07) is 1.97. The SMILES string of the molecule is CC1=c2nc(-c3ccoc3)sc2=C(C)CC1. The molecule has 0 bridgehead atoms. The minimum Gasteiger partial charge on any atom is -0.472 e. The third kappa shape index (κ3) is 1.43. The molecule has 0 spiro atoms. The number of nitrogens with zero attached hydrogens (tertiary/aromatic N) is 1. The highest BCUT2D eigenvalue weighted by Crippen LogP contribution is 2.21. The molecule has 2 nitrogen and oxygen atoms in total. The van der Waals surface area contributed by atoms with E-state index in [1.54, 1.807) is 23.9 Å². The van der Waals surface area contributed by atoms with Crippen LogP contribution >= 0.6 is 11.3 Å². The van der Waals surface area contributed by atoms with Gasteiger partial charge in [-0.1, -0.05) is 5.57 Å². The first-order valence-corrected chi connectivity index (χ1v) is 6.26. The zero-order chi connectivity index (χ0) is 11.1. The Kier molecular flexibility index (Phi) is 2.21. The fourth-order valence-corrected chi connectivity index (χ4v) is 3.17. The molecular formula is C13H13NOS. The quantitative estimate of drug-likeness (QED) is 0.754. The second-order valence-corrected chi connectivity index (χ2v) is 5.27. The molecule has 0 N–H and O–H groups in total. The summed E-state index contributed by atoms with van der Waals surface area (Å²) in [6.07, 6.45) is 5.77. The van der Waals surface area contributed by atoms with E-state index in [0.29, 0.717) is 0 Å². The Morgan fingerprint density at radius 3 is 2.75 bits per heavy atom. The Labute approximate surface area is 97.9 Å². The van der Waals surface area contributed by atoms with Gasteiger partial charge < -0.3 is 4.42 Å². The van der Waals surface area contributed by atoms with E-state index in [2.05, 4.69) is 13.8 Å². The topological polar surface area (TPSA) is 26.0 Å². The van der Waals surface area contributed by atoms with Gasteiger partial charge in [0.1, 0.15) is 11.3 Å². The Bertz CT molecular complexity index is 595. The Balaban J connectivity index is 2.32. The van der Waals surface area contributed by atoms with Crippen molar-refractivity contribution in [2.24, 2.45) is 0 Å². The van der Waals surface area contributed by atoms with Crippen LogP contribution in [0.15, 0.2) is 23.0 Å². The highest BCUT2D eigenvalue weighted by atomic mass is 32.1. The molecule has 0 aromatic carbocycles. The number of furan rings is 1. The van der Waals surface area contributed by atoms with Gasteiger partial charge in [0.15, 0.2) is 0 Å². The zero-order valence-corrected chi connectivity index (χ0v) is 10.2. The van der Waals surface area contributed by atoms with Crippen molar-refractivity contribution in [3.05, 3.63) is 28.5 Å². The number of fused-ring (bicyclic) bond motifs is 1. The Hall–Kier alpha value is -1.35. The highest BCUT2D eigenvalue weighted by molar-refractivity contribution is 7.13. The maximum atomic E-state index is 5.11. The van der Waals surface area contributed by atoms with Gasteiger partial charge in [0, 0.05) is 5.56 Å². The van der Waals surface area contributed by atoms with Crippen LogP contribution < -0.4 is 9.88 Å². The van der Waals surface area contributed by atoms with Gasteiger partial charge in [-0.25, -0.2) is 4.98 Å². The van der Waals surface area contributed by atoms with Crippen LogP contribution in [0.25, 0.3) is 21.7 Å². The summed E-state index contributed by atoms with van der Waals surface area (Å²) in [6.45, 7) is 4.40. The van der Waals surface area contributed by atoms with Crippen molar-refractivity contribution in [2.45, 2.75) is 26.7 Å². The van der Waals surface area contributed by atoms with Crippen molar-refractivity contribution in [1.82, 2.24) is 4.98 Å². The molecule has 2 aromatic rings. The fourth-order valence-electron chi connectivity index (χ4n) is 2.02. The van der Waals surface area contributed by atoms with Crippen LogP contribution in [0.1, 0.15) is 26.7 Å². The maximum absolute atomic E-state index is 5.11. The second kappa shape index (κ2) is 3.59. The zero-order valence-electron chi connectivity index (χ0n) is 9.41. The molecule has 0 atom stereocenters. The van der Waals surface area contributed by atoms with E-state index in [1.807, 2.05) is 6.07 Å². The van der Waals surface area contributed by atoms with Gasteiger partial charge in [0.05, 0.1) is 16.1 Å². The first-order chi connectivity index (χ1) is 7.75. The second-order valence-electron chi connectivity index (χ2n) is 4.27. The Morgan fingerprint density at radius 1 is 1.25 bits per heavy atom. The molecule has 0 radical (unpaired) electrons. The average molecular weight is 231 g/mol. The minimum atomic E-state index is 1.07. The smallest absolute Gasteiger partial charge is 0.127 e. The van der Waals surface area contributed by atoms with E-state index in [0.717, 1.165) is 17.0 Å². The lowest BCUT2D eigenvalue weighted by molar-refractivity contribution is 0.568.